The van der Waals surface area contributed by atoms with Gasteiger partial charge >= 0.3 is 0 Å². The van der Waals surface area contributed by atoms with Gasteiger partial charge in [0.05, 0.1) is 12.1 Å². The molecule has 0 amide bonds. The molecule has 0 aliphatic heterocycles. The molecule has 5 heteroatoms. The minimum absolute atomic E-state index is 0. The molecule has 0 heterocycles. The van der Waals surface area contributed by atoms with Crippen LogP contribution in [0, 0.1) is 5.92 Å². The number of ether oxygens (including phenoxy) is 2. The molecular formula is C25H30ClNO3. The quantitative estimate of drug-likeness (QED) is 0.409. The number of rotatable bonds is 9. The van der Waals surface area contributed by atoms with Crippen molar-refractivity contribution in [3.63, 3.8) is 0 Å². The maximum Gasteiger partial charge on any atom is 0.170 e. The standard InChI is InChI=1S/C25H29NO3.ClH/c1-18(2)13-15-22(27)25(26)19-14-16-23(28-20-9-5-3-6-10-20)24(17-19)29-21-11-7-4-8-12-21;/h3-12,14,16-18,22,25,27H,13,15,26H2,1-2H3;1H/t22-,25+;/m0./s1. The highest BCUT2D eigenvalue weighted by molar-refractivity contribution is 5.85. The van der Waals surface area contributed by atoms with E-state index in [1.165, 1.54) is 0 Å². The second-order valence-corrected chi connectivity index (χ2v) is 7.60. The predicted molar refractivity (Wildman–Crippen MR) is 124 cm³/mol. The molecule has 0 bridgehead atoms. The van der Waals surface area contributed by atoms with Gasteiger partial charge in [-0.2, -0.15) is 0 Å². The third-order valence-corrected chi connectivity index (χ3v) is 4.75. The summed E-state index contributed by atoms with van der Waals surface area (Å²) in [5.74, 6) is 3.10. The van der Waals surface area contributed by atoms with E-state index in [2.05, 4.69) is 13.8 Å². The first-order valence-corrected chi connectivity index (χ1v) is 10.1. The highest BCUT2D eigenvalue weighted by atomic mass is 35.5. The lowest BCUT2D eigenvalue weighted by Gasteiger charge is -2.21. The first-order chi connectivity index (χ1) is 14.0. The van der Waals surface area contributed by atoms with Gasteiger partial charge in [0.2, 0.25) is 0 Å². The van der Waals surface area contributed by atoms with E-state index >= 15 is 0 Å². The van der Waals surface area contributed by atoms with E-state index in [0.29, 0.717) is 29.6 Å². The van der Waals surface area contributed by atoms with Crippen molar-refractivity contribution in [3.05, 3.63) is 84.4 Å². The Hall–Kier alpha value is -2.53. The average Bonchev–Trinajstić information content (AvgIpc) is 2.74. The zero-order valence-corrected chi connectivity index (χ0v) is 18.2. The smallest absolute Gasteiger partial charge is 0.170 e. The molecule has 0 fully saturated rings. The molecule has 0 saturated carbocycles. The normalized spacial score (nSPS) is 12.7. The van der Waals surface area contributed by atoms with Gasteiger partial charge < -0.3 is 20.3 Å². The van der Waals surface area contributed by atoms with Crippen molar-refractivity contribution in [3.8, 4) is 23.0 Å². The lowest BCUT2D eigenvalue weighted by Crippen LogP contribution is -2.26. The Labute approximate surface area is 185 Å². The third kappa shape index (κ3) is 6.77. The number of halogens is 1. The van der Waals surface area contributed by atoms with E-state index in [0.717, 1.165) is 17.7 Å². The van der Waals surface area contributed by atoms with E-state index in [1.807, 2.05) is 78.9 Å². The Morgan fingerprint density at radius 1 is 0.767 bits per heavy atom. The number of hydrogen-bond donors (Lipinski definition) is 2. The molecule has 3 aromatic carbocycles. The number of hydrogen-bond acceptors (Lipinski definition) is 4. The second-order valence-electron chi connectivity index (χ2n) is 7.60. The minimum Gasteiger partial charge on any atom is -0.453 e. The fourth-order valence-corrected chi connectivity index (χ4v) is 3.03. The summed E-state index contributed by atoms with van der Waals surface area (Å²) in [4.78, 5) is 0. The molecule has 160 valence electrons. The van der Waals surface area contributed by atoms with Crippen molar-refractivity contribution in [2.45, 2.75) is 38.8 Å². The summed E-state index contributed by atoms with van der Waals surface area (Å²) in [5, 5.41) is 10.5. The SMILES string of the molecule is CC(C)CC[C@H](O)[C@H](N)c1ccc(Oc2ccccc2)c(Oc2ccccc2)c1.Cl. The highest BCUT2D eigenvalue weighted by Crippen LogP contribution is 2.37. The number of aliphatic hydroxyl groups is 1. The first-order valence-electron chi connectivity index (χ1n) is 10.1. The van der Waals surface area contributed by atoms with Crippen molar-refractivity contribution in [2.24, 2.45) is 11.7 Å². The monoisotopic (exact) mass is 427 g/mol. The Bertz CT molecular complexity index is 887. The number of nitrogens with two attached hydrogens (primary N) is 1. The summed E-state index contributed by atoms with van der Waals surface area (Å²) in [6.45, 7) is 4.28. The van der Waals surface area contributed by atoms with Gasteiger partial charge in [-0.1, -0.05) is 56.3 Å². The molecular weight excluding hydrogens is 398 g/mol. The predicted octanol–water partition coefficient (Wildman–Crippen LogP) is 6.49. The Morgan fingerprint density at radius 3 is 1.83 bits per heavy atom. The zero-order chi connectivity index (χ0) is 20.6. The maximum absolute atomic E-state index is 10.5. The lowest BCUT2D eigenvalue weighted by atomic mass is 9.96. The van der Waals surface area contributed by atoms with Crippen LogP contribution in [0.4, 0.5) is 0 Å². The van der Waals surface area contributed by atoms with E-state index in [1.54, 1.807) is 0 Å². The van der Waals surface area contributed by atoms with Crippen molar-refractivity contribution in [1.29, 1.82) is 0 Å². The number of benzene rings is 3. The molecule has 0 saturated heterocycles. The molecule has 30 heavy (non-hydrogen) atoms. The van der Waals surface area contributed by atoms with Crippen LogP contribution >= 0.6 is 12.4 Å². The zero-order valence-electron chi connectivity index (χ0n) is 17.4. The number of aliphatic hydroxyl groups excluding tert-OH is 1. The Balaban J connectivity index is 0.00000320. The van der Waals surface area contributed by atoms with Crippen LogP contribution < -0.4 is 15.2 Å². The molecule has 4 nitrogen and oxygen atoms in total. The van der Waals surface area contributed by atoms with Crippen LogP contribution in [0.15, 0.2) is 78.9 Å². The van der Waals surface area contributed by atoms with Crippen molar-refractivity contribution >= 4 is 12.4 Å². The van der Waals surface area contributed by atoms with E-state index in [4.69, 9.17) is 15.2 Å². The maximum atomic E-state index is 10.5. The summed E-state index contributed by atoms with van der Waals surface area (Å²) >= 11 is 0. The van der Waals surface area contributed by atoms with Crippen molar-refractivity contribution < 1.29 is 14.6 Å². The average molecular weight is 428 g/mol. The summed E-state index contributed by atoms with van der Waals surface area (Å²) < 4.78 is 12.1. The van der Waals surface area contributed by atoms with Crippen LogP contribution in [0.3, 0.4) is 0 Å². The van der Waals surface area contributed by atoms with E-state index < -0.39 is 12.1 Å². The van der Waals surface area contributed by atoms with Gasteiger partial charge in [0.15, 0.2) is 11.5 Å². The van der Waals surface area contributed by atoms with Crippen molar-refractivity contribution in [1.82, 2.24) is 0 Å². The Kier molecular flexibility index (Phi) is 9.18. The molecule has 0 aliphatic rings. The second kappa shape index (κ2) is 11.6. The molecule has 3 N–H and O–H groups in total. The molecule has 2 atom stereocenters. The van der Waals surface area contributed by atoms with Crippen LogP contribution in [0.2, 0.25) is 0 Å². The third-order valence-electron chi connectivity index (χ3n) is 4.75. The van der Waals surface area contributed by atoms with Crippen LogP contribution in [0.5, 0.6) is 23.0 Å². The Morgan fingerprint density at radius 2 is 1.30 bits per heavy atom. The van der Waals surface area contributed by atoms with Crippen LogP contribution in [-0.4, -0.2) is 11.2 Å². The van der Waals surface area contributed by atoms with Crippen LogP contribution in [0.1, 0.15) is 38.3 Å². The van der Waals surface area contributed by atoms with Crippen LogP contribution in [-0.2, 0) is 0 Å². The van der Waals surface area contributed by atoms with Gasteiger partial charge in [0.25, 0.3) is 0 Å². The van der Waals surface area contributed by atoms with E-state index in [9.17, 15) is 5.11 Å². The summed E-state index contributed by atoms with van der Waals surface area (Å²) in [5.41, 5.74) is 7.16. The highest BCUT2D eigenvalue weighted by Gasteiger charge is 2.19. The van der Waals surface area contributed by atoms with Gasteiger partial charge in [-0.3, -0.25) is 0 Å². The largest absolute Gasteiger partial charge is 0.453 e. The molecule has 0 aliphatic carbocycles. The van der Waals surface area contributed by atoms with Gasteiger partial charge in [-0.05, 0) is 60.7 Å². The molecule has 3 rings (SSSR count). The summed E-state index contributed by atoms with van der Waals surface area (Å²) in [7, 11) is 0. The summed E-state index contributed by atoms with van der Waals surface area (Å²) in [6.07, 6.45) is 0.982. The first kappa shape index (κ1) is 23.7. The molecule has 0 aromatic heterocycles. The fourth-order valence-electron chi connectivity index (χ4n) is 3.03. The number of para-hydroxylation sites is 2. The lowest BCUT2D eigenvalue weighted by molar-refractivity contribution is 0.128. The molecule has 0 unspecified atom stereocenters. The van der Waals surface area contributed by atoms with Crippen LogP contribution in [0.25, 0.3) is 0 Å². The minimum atomic E-state index is -0.608. The van der Waals surface area contributed by atoms with Gasteiger partial charge in [0.1, 0.15) is 11.5 Å². The molecule has 3 aromatic rings. The topological polar surface area (TPSA) is 64.7 Å². The molecule has 0 spiro atoms. The van der Waals surface area contributed by atoms with E-state index in [-0.39, 0.29) is 12.4 Å². The van der Waals surface area contributed by atoms with Gasteiger partial charge in [-0.15, -0.1) is 12.4 Å². The van der Waals surface area contributed by atoms with Crippen molar-refractivity contribution in [2.75, 3.05) is 0 Å². The molecule has 0 radical (unpaired) electrons. The summed E-state index contributed by atoms with van der Waals surface area (Å²) in [6, 6.07) is 24.2. The van der Waals surface area contributed by atoms with Gasteiger partial charge in [0, 0.05) is 0 Å². The van der Waals surface area contributed by atoms with Gasteiger partial charge in [-0.25, -0.2) is 0 Å². The fraction of sp³-hybridized carbons (Fsp3) is 0.280.